The number of rotatable bonds is 9. The topological polar surface area (TPSA) is 63.2 Å². The zero-order valence-electron chi connectivity index (χ0n) is 16.2. The van der Waals surface area contributed by atoms with Crippen LogP contribution in [0.15, 0.2) is 60.7 Å². The van der Waals surface area contributed by atoms with Gasteiger partial charge in [-0.3, -0.25) is 4.79 Å². The largest absolute Gasteiger partial charge is 0.433 e. The number of hydrogen-bond donors (Lipinski definition) is 0. The minimum atomic E-state index is -0.825. The van der Waals surface area contributed by atoms with Crippen LogP contribution >= 0.6 is 0 Å². The molecule has 0 aromatic heterocycles. The molecule has 4 atom stereocenters. The maximum Gasteiger partial charge on any atom is 0.305 e. The summed E-state index contributed by atoms with van der Waals surface area (Å²) in [4.78, 5) is 11.4. The van der Waals surface area contributed by atoms with E-state index in [1.54, 1.807) is 7.11 Å². The van der Waals surface area contributed by atoms with Crippen molar-refractivity contribution in [1.29, 1.82) is 0 Å². The third kappa shape index (κ3) is 5.62. The van der Waals surface area contributed by atoms with Crippen LogP contribution in [0.4, 0.5) is 0 Å². The zero-order valence-corrected chi connectivity index (χ0v) is 16.2. The minimum absolute atomic E-state index is 0.298. The molecule has 1 saturated heterocycles. The summed E-state index contributed by atoms with van der Waals surface area (Å²) in [7, 11) is 1.55. The summed E-state index contributed by atoms with van der Waals surface area (Å²) in [5.74, 6) is -0.431. The Balaban J connectivity index is 1.63. The lowest BCUT2D eigenvalue weighted by molar-refractivity contribution is -0.191. The van der Waals surface area contributed by atoms with E-state index in [1.807, 2.05) is 60.7 Å². The normalized spacial score (nSPS) is 24.2. The van der Waals surface area contributed by atoms with E-state index in [0.717, 1.165) is 11.1 Å². The van der Waals surface area contributed by atoms with Crippen LogP contribution in [-0.2, 0) is 41.7 Å². The van der Waals surface area contributed by atoms with E-state index < -0.39 is 30.6 Å². The van der Waals surface area contributed by atoms with E-state index in [4.69, 9.17) is 23.7 Å². The van der Waals surface area contributed by atoms with Gasteiger partial charge < -0.3 is 23.7 Å². The summed E-state index contributed by atoms with van der Waals surface area (Å²) in [6.07, 6.45) is -2.20. The second kappa shape index (κ2) is 10.3. The predicted molar refractivity (Wildman–Crippen MR) is 102 cm³/mol. The van der Waals surface area contributed by atoms with Crippen LogP contribution in [0, 0.1) is 0 Å². The van der Waals surface area contributed by atoms with Crippen molar-refractivity contribution in [2.45, 2.75) is 44.7 Å². The molecule has 28 heavy (non-hydrogen) atoms. The van der Waals surface area contributed by atoms with Crippen molar-refractivity contribution in [3.05, 3.63) is 71.8 Å². The predicted octanol–water partition coefficient (Wildman–Crippen LogP) is 3.09. The Labute approximate surface area is 165 Å². The van der Waals surface area contributed by atoms with Crippen LogP contribution in [0.1, 0.15) is 18.1 Å². The molecule has 1 aliphatic heterocycles. The van der Waals surface area contributed by atoms with Gasteiger partial charge in [0.2, 0.25) is 6.29 Å². The second-order valence-corrected chi connectivity index (χ2v) is 6.61. The summed E-state index contributed by atoms with van der Waals surface area (Å²) < 4.78 is 28.6. The molecule has 3 rings (SSSR count). The first-order valence-electron chi connectivity index (χ1n) is 9.30. The number of ether oxygens (including phenoxy) is 5. The van der Waals surface area contributed by atoms with Gasteiger partial charge in [0.1, 0.15) is 18.3 Å². The molecule has 1 aliphatic rings. The summed E-state index contributed by atoms with van der Waals surface area (Å²) in [5.41, 5.74) is 2.11. The van der Waals surface area contributed by atoms with E-state index in [9.17, 15) is 4.79 Å². The first-order chi connectivity index (χ1) is 13.7. The number of esters is 1. The third-order valence-electron chi connectivity index (χ3n) is 4.50. The fourth-order valence-corrected chi connectivity index (χ4v) is 3.17. The highest BCUT2D eigenvalue weighted by Gasteiger charge is 2.47. The van der Waals surface area contributed by atoms with E-state index in [2.05, 4.69) is 0 Å². The van der Waals surface area contributed by atoms with Gasteiger partial charge in [0, 0.05) is 14.0 Å². The minimum Gasteiger partial charge on any atom is -0.433 e. The lowest BCUT2D eigenvalue weighted by Crippen LogP contribution is -2.39. The maximum atomic E-state index is 11.4. The van der Waals surface area contributed by atoms with Crippen molar-refractivity contribution < 1.29 is 28.5 Å². The van der Waals surface area contributed by atoms with Crippen molar-refractivity contribution in [2.75, 3.05) is 13.7 Å². The Morgan fingerprint density at radius 1 is 0.929 bits per heavy atom. The van der Waals surface area contributed by atoms with Gasteiger partial charge in [-0.15, -0.1) is 0 Å². The first kappa shape index (κ1) is 20.5. The molecule has 150 valence electrons. The van der Waals surface area contributed by atoms with Gasteiger partial charge in [-0.1, -0.05) is 60.7 Å². The third-order valence-corrected chi connectivity index (χ3v) is 4.50. The van der Waals surface area contributed by atoms with Gasteiger partial charge in [0.05, 0.1) is 19.8 Å². The molecule has 2 aromatic rings. The van der Waals surface area contributed by atoms with Crippen molar-refractivity contribution in [2.24, 2.45) is 0 Å². The van der Waals surface area contributed by atoms with Crippen LogP contribution in [-0.4, -0.2) is 44.3 Å². The lowest BCUT2D eigenvalue weighted by Gasteiger charge is -2.23. The van der Waals surface area contributed by atoms with E-state index in [-0.39, 0.29) is 0 Å². The molecule has 0 N–H and O–H groups in total. The smallest absolute Gasteiger partial charge is 0.305 e. The number of carbonyl (C=O) groups excluding carboxylic acids is 1. The van der Waals surface area contributed by atoms with Crippen molar-refractivity contribution in [1.82, 2.24) is 0 Å². The van der Waals surface area contributed by atoms with Crippen molar-refractivity contribution in [3.63, 3.8) is 0 Å². The molecular weight excluding hydrogens is 360 g/mol. The molecule has 1 unspecified atom stereocenters. The second-order valence-electron chi connectivity index (χ2n) is 6.61. The van der Waals surface area contributed by atoms with Crippen LogP contribution in [0.2, 0.25) is 0 Å². The lowest BCUT2D eigenvalue weighted by atomic mass is 10.1. The number of benzene rings is 2. The summed E-state index contributed by atoms with van der Waals surface area (Å²) >= 11 is 0. The summed E-state index contributed by atoms with van der Waals surface area (Å²) in [6.45, 7) is 2.50. The molecule has 0 radical (unpaired) electrons. The molecule has 0 bridgehead atoms. The van der Waals surface area contributed by atoms with Crippen molar-refractivity contribution >= 4 is 5.97 Å². The fraction of sp³-hybridized carbons (Fsp3) is 0.409. The fourth-order valence-electron chi connectivity index (χ4n) is 3.17. The van der Waals surface area contributed by atoms with Crippen molar-refractivity contribution in [3.8, 4) is 0 Å². The first-order valence-corrected chi connectivity index (χ1v) is 9.30. The SMILES string of the molecule is CO[C@H]1C(OC(C)=O)O[C@H](COCc2ccccc2)[C@H]1OCc1ccccc1. The Kier molecular flexibility index (Phi) is 7.56. The highest BCUT2D eigenvalue weighted by Crippen LogP contribution is 2.28. The molecule has 1 fully saturated rings. The van der Waals surface area contributed by atoms with Crippen LogP contribution in [0.5, 0.6) is 0 Å². The van der Waals surface area contributed by atoms with Gasteiger partial charge in [0.15, 0.2) is 0 Å². The Morgan fingerprint density at radius 3 is 2.11 bits per heavy atom. The van der Waals surface area contributed by atoms with Crippen LogP contribution < -0.4 is 0 Å². The van der Waals surface area contributed by atoms with Gasteiger partial charge >= 0.3 is 5.97 Å². The molecule has 2 aromatic carbocycles. The summed E-state index contributed by atoms with van der Waals surface area (Å²) in [6, 6.07) is 19.7. The Bertz CT molecular complexity index is 720. The van der Waals surface area contributed by atoms with Gasteiger partial charge in [-0.05, 0) is 11.1 Å². The molecule has 1 heterocycles. The van der Waals surface area contributed by atoms with Gasteiger partial charge in [-0.25, -0.2) is 0 Å². The van der Waals surface area contributed by atoms with E-state index in [0.29, 0.717) is 19.8 Å². The van der Waals surface area contributed by atoms with E-state index in [1.165, 1.54) is 6.92 Å². The monoisotopic (exact) mass is 386 g/mol. The Hall–Kier alpha value is -2.25. The highest BCUT2D eigenvalue weighted by molar-refractivity contribution is 5.66. The van der Waals surface area contributed by atoms with Gasteiger partial charge in [-0.2, -0.15) is 0 Å². The molecule has 6 heteroatoms. The average molecular weight is 386 g/mol. The highest BCUT2D eigenvalue weighted by atomic mass is 16.7. The standard InChI is InChI=1S/C22H26O6/c1-16(23)27-22-21(24-2)20(26-14-18-11-7-4-8-12-18)19(28-22)15-25-13-17-9-5-3-6-10-17/h3-12,19-22H,13-15H2,1-2H3/t19-,20-,21-,22?/m1/s1. The number of carbonyl (C=O) groups is 1. The van der Waals surface area contributed by atoms with Crippen LogP contribution in [0.3, 0.4) is 0 Å². The summed E-state index contributed by atoms with van der Waals surface area (Å²) in [5, 5.41) is 0. The molecule has 0 spiro atoms. The molecular formula is C22H26O6. The van der Waals surface area contributed by atoms with Gasteiger partial charge in [0.25, 0.3) is 0 Å². The van der Waals surface area contributed by atoms with Crippen LogP contribution in [0.25, 0.3) is 0 Å². The Morgan fingerprint density at radius 2 is 1.54 bits per heavy atom. The quantitative estimate of drug-likeness (QED) is 0.617. The number of methoxy groups -OCH3 is 1. The average Bonchev–Trinajstić information content (AvgIpc) is 3.03. The van der Waals surface area contributed by atoms with E-state index >= 15 is 0 Å². The molecule has 0 aliphatic carbocycles. The molecule has 0 saturated carbocycles. The maximum absolute atomic E-state index is 11.4. The zero-order chi connectivity index (χ0) is 19.8. The number of hydrogen-bond acceptors (Lipinski definition) is 6. The molecule has 0 amide bonds. The molecule has 6 nitrogen and oxygen atoms in total.